The van der Waals surface area contributed by atoms with Crippen LogP contribution in [0.4, 0.5) is 5.13 Å². The zero-order valence-electron chi connectivity index (χ0n) is 18.0. The second kappa shape index (κ2) is 9.07. The van der Waals surface area contributed by atoms with E-state index in [2.05, 4.69) is 10.3 Å². The molecule has 4 aromatic rings. The van der Waals surface area contributed by atoms with Crippen LogP contribution in [0.2, 0.25) is 0 Å². The van der Waals surface area contributed by atoms with Gasteiger partial charge in [0.25, 0.3) is 11.8 Å². The molecule has 2 amide bonds. The Kier molecular flexibility index (Phi) is 5.83. The average molecular weight is 461 g/mol. The van der Waals surface area contributed by atoms with Gasteiger partial charge in [-0.15, -0.1) is 0 Å². The van der Waals surface area contributed by atoms with Gasteiger partial charge in [-0.25, -0.2) is 4.98 Å². The van der Waals surface area contributed by atoms with E-state index in [1.165, 1.54) is 11.3 Å². The number of aromatic nitrogens is 1. The number of nitrogens with two attached hydrogens (primary N) is 1. The van der Waals surface area contributed by atoms with Gasteiger partial charge < -0.3 is 20.4 Å². The Morgan fingerprint density at radius 2 is 1.94 bits per heavy atom. The number of carbonyl (C=O) groups is 2. The molecule has 1 fully saturated rings. The first-order chi connectivity index (χ1) is 16.1. The lowest BCUT2D eigenvalue weighted by atomic mass is 10.1. The molecule has 168 valence electrons. The van der Waals surface area contributed by atoms with Gasteiger partial charge in [-0.1, -0.05) is 47.7 Å². The summed E-state index contributed by atoms with van der Waals surface area (Å²) in [5, 5.41) is 4.08. The second-order valence-electron chi connectivity index (χ2n) is 8.18. The predicted octanol–water partition coefficient (Wildman–Crippen LogP) is 4.42. The van der Waals surface area contributed by atoms with Gasteiger partial charge in [-0.05, 0) is 42.5 Å². The zero-order chi connectivity index (χ0) is 22.8. The third-order valence-electron chi connectivity index (χ3n) is 5.75. The number of carbonyl (C=O) groups excluding carboxylic acids is 2. The van der Waals surface area contributed by atoms with Crippen LogP contribution in [0, 0.1) is 5.92 Å². The quantitative estimate of drug-likeness (QED) is 0.405. The predicted molar refractivity (Wildman–Crippen MR) is 129 cm³/mol. The molecule has 33 heavy (non-hydrogen) atoms. The minimum Gasteiger partial charge on any atom is -0.464 e. The lowest BCUT2D eigenvalue weighted by molar-refractivity contribution is 0.0737. The summed E-state index contributed by atoms with van der Waals surface area (Å²) in [6.45, 7) is 1.39. The Balaban J connectivity index is 1.31. The molecule has 2 aromatic carbocycles. The Labute approximate surface area is 195 Å². The van der Waals surface area contributed by atoms with Crippen molar-refractivity contribution in [3.05, 3.63) is 72.1 Å². The Morgan fingerprint density at radius 1 is 1.12 bits per heavy atom. The Bertz CT molecular complexity index is 1290. The molecule has 0 aliphatic heterocycles. The van der Waals surface area contributed by atoms with Crippen LogP contribution < -0.4 is 11.1 Å². The molecule has 0 atom stereocenters. The van der Waals surface area contributed by atoms with Gasteiger partial charge in [0.15, 0.2) is 5.13 Å². The summed E-state index contributed by atoms with van der Waals surface area (Å²) < 4.78 is 5.38. The highest BCUT2D eigenvalue weighted by Crippen LogP contribution is 2.34. The van der Waals surface area contributed by atoms with E-state index in [0.717, 1.165) is 28.7 Å². The van der Waals surface area contributed by atoms with Crippen molar-refractivity contribution in [2.75, 3.05) is 25.4 Å². The van der Waals surface area contributed by atoms with Crippen LogP contribution in [0.3, 0.4) is 0 Å². The van der Waals surface area contributed by atoms with Crippen molar-refractivity contribution in [3.8, 4) is 10.4 Å². The fraction of sp³-hybridized carbons (Fsp3) is 0.240. The van der Waals surface area contributed by atoms with Gasteiger partial charge in [-0.3, -0.25) is 9.59 Å². The normalized spacial score (nSPS) is 13.2. The molecule has 1 aliphatic carbocycles. The lowest BCUT2D eigenvalue weighted by Crippen LogP contribution is -2.40. The van der Waals surface area contributed by atoms with Gasteiger partial charge in [0, 0.05) is 25.0 Å². The summed E-state index contributed by atoms with van der Waals surface area (Å²) in [5.74, 6) is 0.157. The number of nitrogens with zero attached hydrogens (tertiary/aromatic N) is 2. The van der Waals surface area contributed by atoms with Gasteiger partial charge >= 0.3 is 0 Å². The number of rotatable bonds is 8. The van der Waals surface area contributed by atoms with E-state index in [-0.39, 0.29) is 11.8 Å². The van der Waals surface area contributed by atoms with Crippen LogP contribution in [0.15, 0.2) is 65.3 Å². The first kappa shape index (κ1) is 21.2. The van der Waals surface area contributed by atoms with E-state index in [9.17, 15) is 9.59 Å². The van der Waals surface area contributed by atoms with E-state index >= 15 is 0 Å². The van der Waals surface area contributed by atoms with Gasteiger partial charge in [0.05, 0.1) is 16.7 Å². The highest BCUT2D eigenvalue weighted by Gasteiger charge is 2.30. The van der Waals surface area contributed by atoms with Crippen molar-refractivity contribution in [1.82, 2.24) is 15.2 Å². The molecule has 2 aromatic heterocycles. The van der Waals surface area contributed by atoms with Crippen LogP contribution in [-0.2, 0) is 0 Å². The van der Waals surface area contributed by atoms with Crippen molar-refractivity contribution in [2.24, 2.45) is 5.92 Å². The molecule has 1 saturated carbocycles. The third-order valence-corrected chi connectivity index (χ3v) is 6.69. The van der Waals surface area contributed by atoms with Crippen molar-refractivity contribution in [3.63, 3.8) is 0 Å². The zero-order valence-corrected chi connectivity index (χ0v) is 18.8. The Morgan fingerprint density at radius 3 is 2.73 bits per heavy atom. The number of benzene rings is 2. The summed E-state index contributed by atoms with van der Waals surface area (Å²) in [6.07, 6.45) is 3.80. The summed E-state index contributed by atoms with van der Waals surface area (Å²) in [7, 11) is 0. The number of anilines is 1. The first-order valence-corrected chi connectivity index (χ1v) is 11.8. The number of nitrogens with one attached hydrogen (secondary N) is 1. The smallest absolute Gasteiger partial charge is 0.274 e. The number of hydrogen-bond acceptors (Lipinski definition) is 6. The fourth-order valence-corrected chi connectivity index (χ4v) is 4.73. The maximum absolute atomic E-state index is 13.5. The fourth-order valence-electron chi connectivity index (χ4n) is 3.90. The van der Waals surface area contributed by atoms with Crippen LogP contribution >= 0.6 is 11.3 Å². The van der Waals surface area contributed by atoms with Gasteiger partial charge in [0.1, 0.15) is 11.3 Å². The molecule has 1 aliphatic rings. The van der Waals surface area contributed by atoms with Crippen molar-refractivity contribution in [1.29, 1.82) is 0 Å². The van der Waals surface area contributed by atoms with Gasteiger partial charge in [0.2, 0.25) is 0 Å². The maximum atomic E-state index is 13.5. The van der Waals surface area contributed by atoms with E-state index in [1.807, 2.05) is 36.4 Å². The minimum atomic E-state index is -0.191. The molecular weight excluding hydrogens is 436 g/mol. The highest BCUT2D eigenvalue weighted by molar-refractivity contribution is 7.19. The largest absolute Gasteiger partial charge is 0.464 e. The van der Waals surface area contributed by atoms with Crippen molar-refractivity contribution in [2.45, 2.75) is 12.8 Å². The standard InChI is InChI=1S/C25H24N4O3S/c26-25-28-21(22(33-25)17-5-2-1-3-6-17)24(31)29(15-16-9-10-16)13-12-27-23(30)19-7-4-8-20-18(19)11-14-32-20/h1-8,11,14,16H,9-10,12-13,15H2,(H2,26,28)(H,27,30). The summed E-state index contributed by atoms with van der Waals surface area (Å²) in [5.41, 5.74) is 8.50. The van der Waals surface area contributed by atoms with E-state index in [4.69, 9.17) is 10.2 Å². The molecule has 8 heteroatoms. The Hall–Kier alpha value is -3.65. The number of hydrogen-bond donors (Lipinski definition) is 2. The van der Waals surface area contributed by atoms with Crippen LogP contribution in [0.1, 0.15) is 33.7 Å². The molecule has 0 unspecified atom stereocenters. The van der Waals surface area contributed by atoms with Crippen LogP contribution in [0.5, 0.6) is 0 Å². The molecule has 2 heterocycles. The lowest BCUT2D eigenvalue weighted by Gasteiger charge is -2.22. The van der Waals surface area contributed by atoms with E-state index in [1.54, 1.807) is 29.4 Å². The first-order valence-electron chi connectivity index (χ1n) is 11.0. The molecule has 0 spiro atoms. The second-order valence-corrected chi connectivity index (χ2v) is 9.21. The molecule has 3 N–H and O–H groups in total. The minimum absolute atomic E-state index is 0.153. The SMILES string of the molecule is Nc1nc(C(=O)N(CCNC(=O)c2cccc3occc23)CC2CC2)c(-c2ccccc2)s1. The van der Waals surface area contributed by atoms with Gasteiger partial charge in [-0.2, -0.15) is 0 Å². The number of thiazole rings is 1. The molecule has 0 saturated heterocycles. The van der Waals surface area contributed by atoms with E-state index in [0.29, 0.717) is 47.5 Å². The van der Waals surface area contributed by atoms with Crippen LogP contribution in [0.25, 0.3) is 21.4 Å². The number of fused-ring (bicyclic) bond motifs is 1. The number of amides is 2. The van der Waals surface area contributed by atoms with Crippen molar-refractivity contribution < 1.29 is 14.0 Å². The van der Waals surface area contributed by atoms with Crippen molar-refractivity contribution >= 4 is 39.3 Å². The number of furan rings is 1. The maximum Gasteiger partial charge on any atom is 0.274 e. The van der Waals surface area contributed by atoms with Crippen LogP contribution in [-0.4, -0.2) is 41.3 Å². The van der Waals surface area contributed by atoms with E-state index < -0.39 is 0 Å². The molecule has 0 bridgehead atoms. The molecular formula is C25H24N4O3S. The molecule has 7 nitrogen and oxygen atoms in total. The summed E-state index contributed by atoms with van der Waals surface area (Å²) in [6, 6.07) is 16.9. The summed E-state index contributed by atoms with van der Waals surface area (Å²) >= 11 is 1.32. The monoisotopic (exact) mass is 460 g/mol. The topological polar surface area (TPSA) is 101 Å². The third kappa shape index (κ3) is 4.61. The molecule has 5 rings (SSSR count). The average Bonchev–Trinajstić information content (AvgIpc) is 3.36. The number of nitrogen functional groups attached to an aromatic ring is 1. The molecule has 0 radical (unpaired) electrons. The highest BCUT2D eigenvalue weighted by atomic mass is 32.1. The summed E-state index contributed by atoms with van der Waals surface area (Å²) in [4.78, 5) is 33.2.